The molecule has 0 saturated carbocycles. The smallest absolute Gasteiger partial charge is 0.252 e. The van der Waals surface area contributed by atoms with E-state index in [2.05, 4.69) is 10.6 Å². The number of rotatable bonds is 7. The van der Waals surface area contributed by atoms with Crippen LogP contribution in [0.5, 0.6) is 11.5 Å². The largest absolute Gasteiger partial charge is 0.508 e. The lowest BCUT2D eigenvalue weighted by molar-refractivity contribution is -0.118. The minimum atomic E-state index is -0.910. The number of aromatic hydroxyl groups is 1. The van der Waals surface area contributed by atoms with Gasteiger partial charge in [0.05, 0.1) is 12.3 Å². The highest BCUT2D eigenvalue weighted by Gasteiger charge is 2.24. The molecule has 0 bridgehead atoms. The van der Waals surface area contributed by atoms with E-state index < -0.39 is 11.9 Å². The molecule has 0 saturated heterocycles. The van der Waals surface area contributed by atoms with Crippen LogP contribution >= 0.6 is 0 Å². The van der Waals surface area contributed by atoms with Crippen molar-refractivity contribution < 1.29 is 19.4 Å². The predicted octanol–water partition coefficient (Wildman–Crippen LogP) is 3.90. The molecule has 6 nitrogen and oxygen atoms in total. The zero-order valence-electron chi connectivity index (χ0n) is 16.0. The van der Waals surface area contributed by atoms with E-state index in [1.807, 2.05) is 19.1 Å². The number of ether oxygens (including phenoxy) is 1. The summed E-state index contributed by atoms with van der Waals surface area (Å²) in [6.45, 7) is 2.18. The zero-order valence-corrected chi connectivity index (χ0v) is 16.0. The molecule has 3 aromatic carbocycles. The Labute approximate surface area is 169 Å². The molecule has 0 aliphatic carbocycles. The second-order valence-electron chi connectivity index (χ2n) is 6.29. The highest BCUT2D eigenvalue weighted by atomic mass is 16.5. The van der Waals surface area contributed by atoms with Gasteiger partial charge in [0.15, 0.2) is 0 Å². The van der Waals surface area contributed by atoms with Crippen LogP contribution in [0.25, 0.3) is 0 Å². The maximum Gasteiger partial charge on any atom is 0.252 e. The molecule has 0 unspecified atom stereocenters. The molecule has 6 heteroatoms. The monoisotopic (exact) mass is 390 g/mol. The minimum absolute atomic E-state index is 0.0310. The predicted molar refractivity (Wildman–Crippen MR) is 111 cm³/mol. The van der Waals surface area contributed by atoms with Gasteiger partial charge < -0.3 is 20.5 Å². The molecule has 148 valence electrons. The third kappa shape index (κ3) is 5.13. The van der Waals surface area contributed by atoms with E-state index in [1.165, 1.54) is 12.1 Å². The molecule has 3 aromatic rings. The number of benzene rings is 3. The standard InChI is InChI=1S/C23H22N2O4/c1-2-29-20-15-18(26)13-14-19(20)24-23(28)21(16-9-5-3-6-10-16)25-22(27)17-11-7-4-8-12-17/h3-15,21,26H,2H2,1H3,(H,24,28)(H,25,27)/t21-/m1/s1. The molecule has 0 heterocycles. The van der Waals surface area contributed by atoms with Crippen LogP contribution in [0.3, 0.4) is 0 Å². The van der Waals surface area contributed by atoms with Crippen molar-refractivity contribution in [2.45, 2.75) is 13.0 Å². The Morgan fingerprint density at radius 2 is 1.62 bits per heavy atom. The molecule has 29 heavy (non-hydrogen) atoms. The first kappa shape index (κ1) is 19.9. The van der Waals surface area contributed by atoms with Crippen LogP contribution in [0.2, 0.25) is 0 Å². The van der Waals surface area contributed by atoms with Gasteiger partial charge in [0, 0.05) is 11.6 Å². The van der Waals surface area contributed by atoms with Crippen LogP contribution in [0.1, 0.15) is 28.9 Å². The van der Waals surface area contributed by atoms with Crippen molar-refractivity contribution in [3.05, 3.63) is 90.0 Å². The van der Waals surface area contributed by atoms with Crippen LogP contribution in [0.15, 0.2) is 78.9 Å². The van der Waals surface area contributed by atoms with E-state index in [0.717, 1.165) is 0 Å². The Bertz CT molecular complexity index is 975. The summed E-state index contributed by atoms with van der Waals surface area (Å²) in [4.78, 5) is 25.7. The third-order valence-corrected chi connectivity index (χ3v) is 4.23. The Morgan fingerprint density at radius 3 is 2.28 bits per heavy atom. The van der Waals surface area contributed by atoms with E-state index in [1.54, 1.807) is 54.6 Å². The van der Waals surface area contributed by atoms with Gasteiger partial charge in [-0.05, 0) is 36.8 Å². The van der Waals surface area contributed by atoms with Crippen LogP contribution in [-0.2, 0) is 4.79 Å². The zero-order chi connectivity index (χ0) is 20.6. The summed E-state index contributed by atoms with van der Waals surface area (Å²) in [5.74, 6) is -0.400. The molecule has 0 spiro atoms. The van der Waals surface area contributed by atoms with Crippen molar-refractivity contribution in [1.29, 1.82) is 0 Å². The molecule has 0 aromatic heterocycles. The molecule has 0 fully saturated rings. The molecule has 2 amide bonds. The van der Waals surface area contributed by atoms with Crippen LogP contribution in [-0.4, -0.2) is 23.5 Å². The summed E-state index contributed by atoms with van der Waals surface area (Å²) in [6, 6.07) is 21.2. The normalized spacial score (nSPS) is 11.3. The fourth-order valence-electron chi connectivity index (χ4n) is 2.84. The summed E-state index contributed by atoms with van der Waals surface area (Å²) >= 11 is 0. The molecule has 0 aliphatic rings. The molecular formula is C23H22N2O4. The second-order valence-corrected chi connectivity index (χ2v) is 6.29. The third-order valence-electron chi connectivity index (χ3n) is 4.23. The molecule has 0 radical (unpaired) electrons. The SMILES string of the molecule is CCOc1cc(O)ccc1NC(=O)[C@H](NC(=O)c1ccccc1)c1ccccc1. The van der Waals surface area contributed by atoms with Crippen LogP contribution in [0, 0.1) is 0 Å². The molecule has 0 aliphatic heterocycles. The van der Waals surface area contributed by atoms with Crippen molar-refractivity contribution in [2.24, 2.45) is 0 Å². The van der Waals surface area contributed by atoms with Crippen molar-refractivity contribution in [1.82, 2.24) is 5.32 Å². The number of phenolic OH excluding ortho intramolecular Hbond substituents is 1. The van der Waals surface area contributed by atoms with Gasteiger partial charge in [0.1, 0.15) is 17.5 Å². The number of carbonyl (C=O) groups excluding carboxylic acids is 2. The van der Waals surface area contributed by atoms with E-state index in [-0.39, 0.29) is 11.7 Å². The minimum Gasteiger partial charge on any atom is -0.508 e. The van der Waals surface area contributed by atoms with Gasteiger partial charge in [-0.15, -0.1) is 0 Å². The van der Waals surface area contributed by atoms with Gasteiger partial charge in [0.25, 0.3) is 11.8 Å². The number of hydrogen-bond acceptors (Lipinski definition) is 4. The molecular weight excluding hydrogens is 368 g/mol. The van der Waals surface area contributed by atoms with E-state index >= 15 is 0 Å². The average Bonchev–Trinajstić information content (AvgIpc) is 2.75. The molecule has 3 N–H and O–H groups in total. The van der Waals surface area contributed by atoms with E-state index in [9.17, 15) is 14.7 Å². The van der Waals surface area contributed by atoms with Crippen molar-refractivity contribution in [3.8, 4) is 11.5 Å². The van der Waals surface area contributed by atoms with Gasteiger partial charge in [-0.3, -0.25) is 9.59 Å². The average molecular weight is 390 g/mol. The lowest BCUT2D eigenvalue weighted by Crippen LogP contribution is -2.37. The maximum atomic E-state index is 13.1. The van der Waals surface area contributed by atoms with Crippen molar-refractivity contribution in [3.63, 3.8) is 0 Å². The van der Waals surface area contributed by atoms with E-state index in [4.69, 9.17) is 4.74 Å². The Kier molecular flexibility index (Phi) is 6.47. The summed E-state index contributed by atoms with van der Waals surface area (Å²) in [6.07, 6.45) is 0. The van der Waals surface area contributed by atoms with E-state index in [0.29, 0.717) is 29.2 Å². The first-order valence-electron chi connectivity index (χ1n) is 9.26. The first-order valence-corrected chi connectivity index (χ1v) is 9.26. The number of carbonyl (C=O) groups is 2. The van der Waals surface area contributed by atoms with Gasteiger partial charge in [-0.2, -0.15) is 0 Å². The summed E-state index contributed by atoms with van der Waals surface area (Å²) in [7, 11) is 0. The second kappa shape index (κ2) is 9.41. The Hall–Kier alpha value is -3.80. The fourth-order valence-corrected chi connectivity index (χ4v) is 2.84. The molecule has 1 atom stereocenters. The number of nitrogens with one attached hydrogen (secondary N) is 2. The highest BCUT2D eigenvalue weighted by Crippen LogP contribution is 2.30. The lowest BCUT2D eigenvalue weighted by atomic mass is 10.0. The Balaban J connectivity index is 1.87. The fraction of sp³-hybridized carbons (Fsp3) is 0.130. The topological polar surface area (TPSA) is 87.7 Å². The summed E-state index contributed by atoms with van der Waals surface area (Å²) < 4.78 is 5.49. The first-order chi connectivity index (χ1) is 14.1. The number of phenols is 1. The number of anilines is 1. The Morgan fingerprint density at radius 1 is 0.966 bits per heavy atom. The lowest BCUT2D eigenvalue weighted by Gasteiger charge is -2.20. The van der Waals surface area contributed by atoms with Gasteiger partial charge >= 0.3 is 0 Å². The highest BCUT2D eigenvalue weighted by molar-refractivity contribution is 6.02. The van der Waals surface area contributed by atoms with Gasteiger partial charge in [0.2, 0.25) is 0 Å². The van der Waals surface area contributed by atoms with Crippen LogP contribution in [0.4, 0.5) is 5.69 Å². The van der Waals surface area contributed by atoms with Crippen molar-refractivity contribution in [2.75, 3.05) is 11.9 Å². The van der Waals surface area contributed by atoms with Crippen molar-refractivity contribution >= 4 is 17.5 Å². The van der Waals surface area contributed by atoms with Crippen LogP contribution < -0.4 is 15.4 Å². The maximum absolute atomic E-state index is 13.1. The summed E-state index contributed by atoms with van der Waals surface area (Å²) in [5.41, 5.74) is 1.51. The quantitative estimate of drug-likeness (QED) is 0.534. The number of hydrogen-bond donors (Lipinski definition) is 3. The van der Waals surface area contributed by atoms with Gasteiger partial charge in [-0.25, -0.2) is 0 Å². The van der Waals surface area contributed by atoms with Gasteiger partial charge in [-0.1, -0.05) is 48.5 Å². The summed E-state index contributed by atoms with van der Waals surface area (Å²) in [5, 5.41) is 15.3. The molecule has 3 rings (SSSR count). The number of amides is 2.